The Hall–Kier alpha value is -2.62. The van der Waals surface area contributed by atoms with E-state index in [1.807, 2.05) is 0 Å². The van der Waals surface area contributed by atoms with E-state index < -0.39 is 0 Å². The first kappa shape index (κ1) is 20.3. The molecule has 31 heavy (non-hydrogen) atoms. The van der Waals surface area contributed by atoms with E-state index in [-0.39, 0.29) is 6.10 Å². The molecule has 0 amide bonds. The first-order valence-corrected chi connectivity index (χ1v) is 11.7. The van der Waals surface area contributed by atoms with Crippen molar-refractivity contribution in [2.75, 3.05) is 19.6 Å². The average molecular weight is 413 g/mol. The fourth-order valence-electron chi connectivity index (χ4n) is 5.11. The molecule has 2 aliphatic rings. The summed E-state index contributed by atoms with van der Waals surface area (Å²) in [7, 11) is 0. The van der Waals surface area contributed by atoms with Gasteiger partial charge >= 0.3 is 0 Å². The molecular weight excluding hydrogens is 380 g/mol. The van der Waals surface area contributed by atoms with Gasteiger partial charge in [0.25, 0.3) is 0 Å². The molecule has 2 aromatic carbocycles. The molecular formula is C28H32N2O. The van der Waals surface area contributed by atoms with Crippen LogP contribution in [0.4, 0.5) is 0 Å². The number of rotatable bonds is 6. The second kappa shape index (κ2) is 9.25. The number of likely N-dealkylation sites (tertiary alicyclic amines) is 1. The van der Waals surface area contributed by atoms with Crippen molar-refractivity contribution in [2.45, 2.75) is 38.3 Å². The zero-order valence-corrected chi connectivity index (χ0v) is 18.2. The summed E-state index contributed by atoms with van der Waals surface area (Å²) in [5, 5.41) is 13.5. The molecule has 1 fully saturated rings. The number of piperidine rings is 1. The van der Waals surface area contributed by atoms with Gasteiger partial charge in [0.05, 0.1) is 12.6 Å². The van der Waals surface area contributed by atoms with Crippen LogP contribution in [0, 0.1) is 5.92 Å². The molecule has 3 aromatic rings. The second-order valence-electron chi connectivity index (χ2n) is 9.00. The SMILES string of the molecule is OC(CN1CCC(/C=C/C2=CC=CCC2)CC1)Cn1c2ccccc2c2ccccc21. The second-order valence-corrected chi connectivity index (χ2v) is 9.00. The van der Waals surface area contributed by atoms with E-state index in [2.05, 4.69) is 88.4 Å². The maximum Gasteiger partial charge on any atom is 0.0845 e. The van der Waals surface area contributed by atoms with E-state index in [1.54, 1.807) is 0 Å². The highest BCUT2D eigenvalue weighted by atomic mass is 16.3. The lowest BCUT2D eigenvalue weighted by Gasteiger charge is -2.32. The number of hydrogen-bond donors (Lipinski definition) is 1. The molecule has 1 saturated heterocycles. The van der Waals surface area contributed by atoms with Gasteiger partial charge in [-0.2, -0.15) is 0 Å². The smallest absolute Gasteiger partial charge is 0.0845 e. The van der Waals surface area contributed by atoms with Gasteiger partial charge in [-0.15, -0.1) is 0 Å². The molecule has 0 saturated carbocycles. The Labute approximate surface area is 185 Å². The maximum absolute atomic E-state index is 10.9. The van der Waals surface area contributed by atoms with Gasteiger partial charge in [-0.05, 0) is 62.4 Å². The number of allylic oxidation sites excluding steroid dienone is 6. The van der Waals surface area contributed by atoms with E-state index in [0.29, 0.717) is 12.5 Å². The lowest BCUT2D eigenvalue weighted by molar-refractivity contribution is 0.0842. The van der Waals surface area contributed by atoms with Gasteiger partial charge in [-0.3, -0.25) is 0 Å². The van der Waals surface area contributed by atoms with Gasteiger partial charge in [0.1, 0.15) is 0 Å². The van der Waals surface area contributed by atoms with Crippen LogP contribution in [0.1, 0.15) is 25.7 Å². The molecule has 0 bridgehead atoms. The topological polar surface area (TPSA) is 28.4 Å². The third-order valence-electron chi connectivity index (χ3n) is 6.80. The fraction of sp³-hybridized carbons (Fsp3) is 0.357. The Balaban J connectivity index is 1.20. The van der Waals surface area contributed by atoms with Crippen molar-refractivity contribution >= 4 is 21.8 Å². The van der Waals surface area contributed by atoms with Crippen molar-refractivity contribution in [1.82, 2.24) is 9.47 Å². The van der Waals surface area contributed by atoms with E-state index in [9.17, 15) is 5.11 Å². The highest BCUT2D eigenvalue weighted by Crippen LogP contribution is 2.29. The van der Waals surface area contributed by atoms with Crippen LogP contribution >= 0.6 is 0 Å². The van der Waals surface area contributed by atoms with Gasteiger partial charge in [0.15, 0.2) is 0 Å². The molecule has 0 radical (unpaired) electrons. The van der Waals surface area contributed by atoms with Crippen LogP contribution in [-0.2, 0) is 6.54 Å². The summed E-state index contributed by atoms with van der Waals surface area (Å²) in [6.07, 6.45) is 15.7. The van der Waals surface area contributed by atoms with Crippen LogP contribution < -0.4 is 0 Å². The molecule has 5 rings (SSSR count). The Morgan fingerprint density at radius 1 is 0.935 bits per heavy atom. The van der Waals surface area contributed by atoms with Crippen molar-refractivity contribution in [3.63, 3.8) is 0 Å². The van der Waals surface area contributed by atoms with Crippen LogP contribution in [0.5, 0.6) is 0 Å². The molecule has 3 nitrogen and oxygen atoms in total. The number of aliphatic hydroxyl groups excluding tert-OH is 1. The monoisotopic (exact) mass is 412 g/mol. The minimum Gasteiger partial charge on any atom is -0.390 e. The zero-order valence-electron chi connectivity index (χ0n) is 18.2. The number of nitrogens with zero attached hydrogens (tertiary/aromatic N) is 2. The highest BCUT2D eigenvalue weighted by molar-refractivity contribution is 6.07. The Morgan fingerprint density at radius 3 is 2.26 bits per heavy atom. The molecule has 3 heteroatoms. The summed E-state index contributed by atoms with van der Waals surface area (Å²) in [4.78, 5) is 2.44. The van der Waals surface area contributed by atoms with Gasteiger partial charge in [-0.25, -0.2) is 0 Å². The van der Waals surface area contributed by atoms with E-state index in [4.69, 9.17) is 0 Å². The van der Waals surface area contributed by atoms with Crippen LogP contribution in [-0.4, -0.2) is 40.3 Å². The molecule has 1 aromatic heterocycles. The number of benzene rings is 2. The Morgan fingerprint density at radius 2 is 1.61 bits per heavy atom. The summed E-state index contributed by atoms with van der Waals surface area (Å²) in [6, 6.07) is 17.0. The van der Waals surface area contributed by atoms with Gasteiger partial charge in [0, 0.05) is 28.4 Å². The lowest BCUT2D eigenvalue weighted by atomic mass is 9.94. The van der Waals surface area contributed by atoms with Crippen molar-refractivity contribution < 1.29 is 5.11 Å². The van der Waals surface area contributed by atoms with Crippen LogP contribution in [0.2, 0.25) is 0 Å². The van der Waals surface area contributed by atoms with E-state index >= 15 is 0 Å². The predicted octanol–water partition coefficient (Wildman–Crippen LogP) is 5.70. The summed E-state index contributed by atoms with van der Waals surface area (Å²) < 4.78 is 2.29. The van der Waals surface area contributed by atoms with Gasteiger partial charge in [-0.1, -0.05) is 66.8 Å². The lowest BCUT2D eigenvalue weighted by Crippen LogP contribution is -2.39. The number of aromatic nitrogens is 1. The van der Waals surface area contributed by atoms with Crippen LogP contribution in [0.25, 0.3) is 21.8 Å². The molecule has 1 unspecified atom stereocenters. The van der Waals surface area contributed by atoms with Crippen molar-refractivity contribution in [3.8, 4) is 0 Å². The summed E-state index contributed by atoms with van der Waals surface area (Å²) >= 11 is 0. The first-order chi connectivity index (χ1) is 15.3. The van der Waals surface area contributed by atoms with E-state index in [0.717, 1.165) is 19.6 Å². The number of hydrogen-bond acceptors (Lipinski definition) is 2. The quantitative estimate of drug-likeness (QED) is 0.562. The molecule has 0 spiro atoms. The Kier molecular flexibility index (Phi) is 6.06. The number of aliphatic hydroxyl groups is 1. The standard InChI is InChI=1S/C28H32N2O/c31-24(20-29-18-16-23(17-19-29)15-14-22-8-2-1-3-9-22)21-30-27-12-6-4-10-25(27)26-11-5-7-13-28(26)30/h1-2,4-8,10-15,23-24,31H,3,9,16-21H2/b15-14+. The maximum atomic E-state index is 10.9. The molecule has 160 valence electrons. The molecule has 1 aliphatic carbocycles. The predicted molar refractivity (Wildman–Crippen MR) is 130 cm³/mol. The van der Waals surface area contributed by atoms with Crippen molar-refractivity contribution in [1.29, 1.82) is 0 Å². The molecule has 1 atom stereocenters. The first-order valence-electron chi connectivity index (χ1n) is 11.7. The summed E-state index contributed by atoms with van der Waals surface area (Å²) in [6.45, 7) is 3.51. The molecule has 1 aliphatic heterocycles. The highest BCUT2D eigenvalue weighted by Gasteiger charge is 2.21. The van der Waals surface area contributed by atoms with Gasteiger partial charge in [0.2, 0.25) is 0 Å². The van der Waals surface area contributed by atoms with Crippen molar-refractivity contribution in [2.24, 2.45) is 5.92 Å². The normalized spacial score (nSPS) is 19.5. The minimum absolute atomic E-state index is 0.370. The van der Waals surface area contributed by atoms with Gasteiger partial charge < -0.3 is 14.6 Å². The summed E-state index contributed by atoms with van der Waals surface area (Å²) in [5.41, 5.74) is 3.86. The van der Waals surface area contributed by atoms with E-state index in [1.165, 1.54) is 53.1 Å². The Bertz CT molecular complexity index is 1080. The third-order valence-corrected chi connectivity index (χ3v) is 6.80. The zero-order chi connectivity index (χ0) is 21.0. The van der Waals surface area contributed by atoms with Crippen molar-refractivity contribution in [3.05, 3.63) is 84.5 Å². The average Bonchev–Trinajstić information content (AvgIpc) is 3.13. The largest absolute Gasteiger partial charge is 0.390 e. The van der Waals surface area contributed by atoms with Crippen LogP contribution in [0.15, 0.2) is 84.5 Å². The number of para-hydroxylation sites is 2. The molecule has 1 N–H and O–H groups in total. The fourth-order valence-corrected chi connectivity index (χ4v) is 5.11. The third kappa shape index (κ3) is 4.53. The minimum atomic E-state index is -0.370. The summed E-state index contributed by atoms with van der Waals surface area (Å²) in [5.74, 6) is 0.664. The molecule has 2 heterocycles. The van der Waals surface area contributed by atoms with Crippen LogP contribution in [0.3, 0.4) is 0 Å². The number of fused-ring (bicyclic) bond motifs is 3. The number of β-amino-alcohol motifs (C(OH)–C–C–N with tert-alkyl or cyclic N) is 1.